The van der Waals surface area contributed by atoms with Gasteiger partial charge in [-0.3, -0.25) is 4.79 Å². The number of alkyl halides is 3. The molecule has 18 heteroatoms. The first kappa shape index (κ1) is 42.4. The second-order valence-electron chi connectivity index (χ2n) is 13.7. The second kappa shape index (κ2) is 17.2. The number of likely N-dealkylation sites (tertiary alicyclic amines) is 1. The molecule has 1 aliphatic heterocycles. The molecule has 2 atom stereocenters. The SMILES string of the molecule is CCOc1cc([C@H](Nc2ccc3c(N)nccc3c2)C(=O)N2CCC[C@H]2c2cc(N(OC(=O)C(F)(F)F)C(=O)OC)ccc2S(=O)(=O)C(C)C)ccc1OC(C)C. The van der Waals surface area contributed by atoms with Crippen molar-refractivity contribution in [2.75, 3.05) is 36.4 Å². The molecule has 306 valence electrons. The van der Waals surface area contributed by atoms with Crippen LogP contribution in [-0.2, 0) is 29.0 Å². The average molecular weight is 816 g/mol. The number of nitrogen functional groups attached to an aromatic ring is 1. The lowest BCUT2D eigenvalue weighted by molar-refractivity contribution is -0.200. The minimum atomic E-state index is -5.48. The van der Waals surface area contributed by atoms with Gasteiger partial charge in [-0.05, 0) is 119 Å². The van der Waals surface area contributed by atoms with Crippen LogP contribution in [-0.4, -0.2) is 74.1 Å². The van der Waals surface area contributed by atoms with E-state index < -0.39 is 57.0 Å². The van der Waals surface area contributed by atoms with Gasteiger partial charge in [0.2, 0.25) is 5.91 Å². The van der Waals surface area contributed by atoms with Gasteiger partial charge in [0.15, 0.2) is 21.3 Å². The van der Waals surface area contributed by atoms with Crippen molar-refractivity contribution < 1.29 is 55.0 Å². The third kappa shape index (κ3) is 9.27. The Morgan fingerprint density at radius 3 is 2.40 bits per heavy atom. The number of halogens is 3. The van der Waals surface area contributed by atoms with Gasteiger partial charge in [0, 0.05) is 23.8 Å². The number of benzene rings is 3. The van der Waals surface area contributed by atoms with Crippen molar-refractivity contribution in [3.05, 3.63) is 78.0 Å². The van der Waals surface area contributed by atoms with Gasteiger partial charge in [-0.1, -0.05) is 6.07 Å². The first-order chi connectivity index (χ1) is 26.9. The normalized spacial score (nSPS) is 15.1. The number of pyridine rings is 1. The zero-order valence-electron chi connectivity index (χ0n) is 32.1. The highest BCUT2D eigenvalue weighted by Crippen LogP contribution is 2.42. The standard InChI is InChI=1S/C39H44F3N5O9S/c1-7-54-32-20-25(10-14-31(32)55-22(2)3)34(45-26-11-13-28-24(19-26)16-17-44-35(28)43)36(48)46-18-8-9-30(46)29-21-27(12-15-33(29)57(51,52)23(4)5)47(38(50)53-6)56-37(49)39(40,41)42/h10-17,19-23,30,34,45H,7-9,18H2,1-6H3,(H2,43,44)/t30-,34-/m0/s1. The van der Waals surface area contributed by atoms with Crippen LogP contribution in [0.2, 0.25) is 0 Å². The predicted octanol–water partition coefficient (Wildman–Crippen LogP) is 7.30. The summed E-state index contributed by atoms with van der Waals surface area (Å²) in [6.45, 7) is 8.88. The third-order valence-corrected chi connectivity index (χ3v) is 11.3. The van der Waals surface area contributed by atoms with E-state index in [1.165, 1.54) is 18.7 Å². The zero-order chi connectivity index (χ0) is 41.8. The number of hydrogen-bond donors (Lipinski definition) is 2. The maximum absolute atomic E-state index is 15.0. The quantitative estimate of drug-likeness (QED) is 0.137. The van der Waals surface area contributed by atoms with Crippen LogP contribution in [0.1, 0.15) is 70.7 Å². The number of ether oxygens (including phenoxy) is 3. The average Bonchev–Trinajstić information content (AvgIpc) is 3.65. The molecule has 2 amide bonds. The van der Waals surface area contributed by atoms with Gasteiger partial charge in [0.1, 0.15) is 11.9 Å². The molecule has 14 nitrogen and oxygen atoms in total. The van der Waals surface area contributed by atoms with E-state index in [1.807, 2.05) is 13.8 Å². The summed E-state index contributed by atoms with van der Waals surface area (Å²) in [6.07, 6.45) is -4.96. The highest BCUT2D eigenvalue weighted by Gasteiger charge is 2.45. The van der Waals surface area contributed by atoms with Gasteiger partial charge in [-0.2, -0.15) is 13.2 Å². The number of nitrogens with two attached hydrogens (primary N) is 1. The molecule has 2 heterocycles. The molecular weight excluding hydrogens is 772 g/mol. The van der Waals surface area contributed by atoms with E-state index in [0.717, 1.165) is 30.7 Å². The molecule has 4 aromatic rings. The molecule has 1 fully saturated rings. The lowest BCUT2D eigenvalue weighted by atomic mass is 10.00. The fraction of sp³-hybridized carbons (Fsp3) is 0.385. The van der Waals surface area contributed by atoms with E-state index in [-0.39, 0.29) is 34.6 Å². The van der Waals surface area contributed by atoms with Crippen molar-refractivity contribution in [2.24, 2.45) is 0 Å². The van der Waals surface area contributed by atoms with Crippen molar-refractivity contribution in [1.82, 2.24) is 9.88 Å². The lowest BCUT2D eigenvalue weighted by Gasteiger charge is -2.32. The number of methoxy groups -OCH3 is 1. The summed E-state index contributed by atoms with van der Waals surface area (Å²) >= 11 is 0. The molecule has 1 aliphatic rings. The molecule has 0 bridgehead atoms. The van der Waals surface area contributed by atoms with Gasteiger partial charge in [0.05, 0.1) is 41.7 Å². The Balaban J connectivity index is 1.65. The molecule has 3 N–H and O–H groups in total. The molecule has 3 aromatic carbocycles. The van der Waals surface area contributed by atoms with Crippen molar-refractivity contribution in [3.8, 4) is 11.5 Å². The van der Waals surface area contributed by atoms with Crippen molar-refractivity contribution in [1.29, 1.82) is 0 Å². The van der Waals surface area contributed by atoms with E-state index in [9.17, 15) is 31.2 Å². The summed E-state index contributed by atoms with van der Waals surface area (Å²) in [5, 5.41) is 3.80. The van der Waals surface area contributed by atoms with Crippen LogP contribution < -0.4 is 25.6 Å². The number of rotatable bonds is 12. The predicted molar refractivity (Wildman–Crippen MR) is 205 cm³/mol. The van der Waals surface area contributed by atoms with E-state index >= 15 is 4.79 Å². The van der Waals surface area contributed by atoms with Crippen molar-refractivity contribution >= 4 is 55.8 Å². The smallest absolute Gasteiger partial charge is 0.490 e. The highest BCUT2D eigenvalue weighted by molar-refractivity contribution is 7.92. The molecule has 0 spiro atoms. The number of aromatic nitrogens is 1. The van der Waals surface area contributed by atoms with Crippen molar-refractivity contribution in [2.45, 2.75) is 82.0 Å². The van der Waals surface area contributed by atoms with Gasteiger partial charge >= 0.3 is 18.2 Å². The molecule has 0 unspecified atom stereocenters. The highest BCUT2D eigenvalue weighted by atomic mass is 32.2. The van der Waals surface area contributed by atoms with E-state index in [4.69, 9.17) is 15.2 Å². The van der Waals surface area contributed by atoms with Crippen LogP contribution >= 0.6 is 0 Å². The van der Waals surface area contributed by atoms with E-state index in [0.29, 0.717) is 47.0 Å². The molecule has 0 radical (unpaired) electrons. The summed E-state index contributed by atoms with van der Waals surface area (Å²) in [4.78, 5) is 49.4. The number of carbonyl (C=O) groups is 3. The number of hydrogen-bond acceptors (Lipinski definition) is 12. The van der Waals surface area contributed by atoms with E-state index in [2.05, 4.69) is 19.9 Å². The first-order valence-corrected chi connectivity index (χ1v) is 19.6. The van der Waals surface area contributed by atoms with Gasteiger partial charge < -0.3 is 35.0 Å². The van der Waals surface area contributed by atoms with Crippen LogP contribution in [0.15, 0.2) is 71.8 Å². The largest absolute Gasteiger partial charge is 0.493 e. The molecule has 0 aliphatic carbocycles. The summed E-state index contributed by atoms with van der Waals surface area (Å²) in [5.74, 6) is -2.05. The number of sulfone groups is 1. The Bertz CT molecular complexity index is 2250. The molecule has 5 rings (SSSR count). The minimum absolute atomic E-state index is 0.00729. The Hall–Kier alpha value is -5.78. The van der Waals surface area contributed by atoms with Crippen LogP contribution in [0, 0.1) is 0 Å². The lowest BCUT2D eigenvalue weighted by Crippen LogP contribution is -2.39. The maximum Gasteiger partial charge on any atom is 0.493 e. The van der Waals surface area contributed by atoms with Crippen LogP contribution in [0.5, 0.6) is 11.5 Å². The summed E-state index contributed by atoms with van der Waals surface area (Å²) < 4.78 is 83.9. The topological polar surface area (TPSA) is 180 Å². The van der Waals surface area contributed by atoms with Gasteiger partial charge in [-0.25, -0.2) is 23.0 Å². The van der Waals surface area contributed by atoms with Crippen LogP contribution in [0.25, 0.3) is 10.8 Å². The summed E-state index contributed by atoms with van der Waals surface area (Å²) in [6, 6.07) is 13.3. The Labute approximate surface area is 327 Å². The third-order valence-electron chi connectivity index (χ3n) is 9.11. The molecule has 1 saturated heterocycles. The first-order valence-electron chi connectivity index (χ1n) is 18.1. The number of nitrogens with one attached hydrogen (secondary N) is 1. The summed E-state index contributed by atoms with van der Waals surface area (Å²) in [5.41, 5.74) is 6.64. The number of carbonyl (C=O) groups excluding carboxylic acids is 3. The molecule has 1 aromatic heterocycles. The fourth-order valence-corrected chi connectivity index (χ4v) is 7.73. The molecule has 0 saturated carbocycles. The zero-order valence-corrected chi connectivity index (χ0v) is 32.9. The van der Waals surface area contributed by atoms with Crippen LogP contribution in [0.4, 0.5) is 35.2 Å². The number of nitrogens with zero attached hydrogens (tertiary/aromatic N) is 3. The van der Waals surface area contributed by atoms with Crippen LogP contribution in [0.3, 0.4) is 0 Å². The number of hydroxylamine groups is 1. The fourth-order valence-electron chi connectivity index (χ4n) is 6.44. The Kier molecular flexibility index (Phi) is 12.7. The number of amides is 2. The Morgan fingerprint density at radius 1 is 1.02 bits per heavy atom. The Morgan fingerprint density at radius 2 is 1.75 bits per heavy atom. The summed E-state index contributed by atoms with van der Waals surface area (Å²) in [7, 11) is -3.24. The van der Waals surface area contributed by atoms with E-state index in [1.54, 1.807) is 55.6 Å². The number of fused-ring (bicyclic) bond motifs is 1. The van der Waals surface area contributed by atoms with Gasteiger partial charge in [-0.15, -0.1) is 5.06 Å². The van der Waals surface area contributed by atoms with Crippen molar-refractivity contribution in [3.63, 3.8) is 0 Å². The minimum Gasteiger partial charge on any atom is -0.490 e. The monoisotopic (exact) mass is 815 g/mol. The van der Waals surface area contributed by atoms with Gasteiger partial charge in [0.25, 0.3) is 0 Å². The maximum atomic E-state index is 15.0. The number of anilines is 3. The second-order valence-corrected chi connectivity index (χ2v) is 16.1. The molecular formula is C39H44F3N5O9S. The molecule has 57 heavy (non-hydrogen) atoms.